The van der Waals surface area contributed by atoms with Gasteiger partial charge in [0.15, 0.2) is 0 Å². The minimum Gasteiger partial charge on any atom is -0.309 e. The van der Waals surface area contributed by atoms with E-state index in [2.05, 4.69) is 25.2 Å². The van der Waals surface area contributed by atoms with Gasteiger partial charge in [-0.25, -0.2) is 0 Å². The summed E-state index contributed by atoms with van der Waals surface area (Å²) in [5, 5.41) is 3.26. The minimum atomic E-state index is -4.27. The molecular formula is C15H16F3NS. The van der Waals surface area contributed by atoms with E-state index in [1.165, 1.54) is 27.5 Å². The molecule has 1 nitrogen and oxygen atoms in total. The highest BCUT2D eigenvalue weighted by molar-refractivity contribution is 7.12. The van der Waals surface area contributed by atoms with Gasteiger partial charge in [-0.2, -0.15) is 13.2 Å². The summed E-state index contributed by atoms with van der Waals surface area (Å²) in [5.41, 5.74) is 1.49. The van der Waals surface area contributed by atoms with E-state index in [-0.39, 0.29) is 0 Å². The molecule has 1 aromatic carbocycles. The molecule has 2 aromatic rings. The lowest BCUT2D eigenvalue weighted by Gasteiger charge is -2.08. The fourth-order valence-electron chi connectivity index (χ4n) is 2.01. The molecule has 5 heteroatoms. The minimum absolute atomic E-state index is 0.562. The van der Waals surface area contributed by atoms with Crippen LogP contribution >= 0.6 is 11.3 Å². The van der Waals surface area contributed by atoms with Crippen LogP contribution in [0.1, 0.15) is 26.4 Å². The summed E-state index contributed by atoms with van der Waals surface area (Å²) in [6, 6.07) is 7.41. The summed E-state index contributed by atoms with van der Waals surface area (Å²) < 4.78 is 37.3. The zero-order valence-electron chi connectivity index (χ0n) is 11.3. The Morgan fingerprint density at radius 3 is 2.20 bits per heavy atom. The number of hydrogen-bond donors (Lipinski definition) is 1. The Morgan fingerprint density at radius 1 is 1.05 bits per heavy atom. The van der Waals surface area contributed by atoms with Crippen LogP contribution in [0.2, 0.25) is 0 Å². The van der Waals surface area contributed by atoms with Gasteiger partial charge in [0, 0.05) is 22.8 Å². The molecule has 2 rings (SSSR count). The summed E-state index contributed by atoms with van der Waals surface area (Å²) in [6.07, 6.45) is -4.27. The summed E-state index contributed by atoms with van der Waals surface area (Å²) in [5.74, 6) is 0. The van der Waals surface area contributed by atoms with Crippen molar-refractivity contribution in [1.82, 2.24) is 5.32 Å². The van der Waals surface area contributed by atoms with E-state index < -0.39 is 11.7 Å². The van der Waals surface area contributed by atoms with Crippen molar-refractivity contribution in [2.45, 2.75) is 33.1 Å². The van der Waals surface area contributed by atoms with E-state index in [4.69, 9.17) is 0 Å². The van der Waals surface area contributed by atoms with Gasteiger partial charge in [-0.1, -0.05) is 12.1 Å². The van der Waals surface area contributed by atoms with Gasteiger partial charge < -0.3 is 5.32 Å². The smallest absolute Gasteiger partial charge is 0.309 e. The molecule has 1 N–H and O–H groups in total. The third-order valence-electron chi connectivity index (χ3n) is 3.07. The maximum Gasteiger partial charge on any atom is 0.416 e. The summed E-state index contributed by atoms with van der Waals surface area (Å²) in [7, 11) is 0. The lowest BCUT2D eigenvalue weighted by Crippen LogP contribution is -2.13. The second kappa shape index (κ2) is 5.97. The number of nitrogens with one attached hydrogen (secondary N) is 1. The Morgan fingerprint density at radius 2 is 1.70 bits per heavy atom. The number of alkyl halides is 3. The van der Waals surface area contributed by atoms with Gasteiger partial charge in [-0.05, 0) is 43.2 Å². The molecule has 108 valence electrons. The molecule has 0 bridgehead atoms. The molecule has 0 atom stereocenters. The Hall–Kier alpha value is -1.33. The van der Waals surface area contributed by atoms with Gasteiger partial charge in [-0.15, -0.1) is 11.3 Å². The molecule has 0 saturated carbocycles. The van der Waals surface area contributed by atoms with Crippen molar-refractivity contribution in [3.8, 4) is 0 Å². The first-order chi connectivity index (χ1) is 9.36. The number of thiophene rings is 1. The Labute approximate surface area is 120 Å². The average Bonchev–Trinajstić information content (AvgIpc) is 2.67. The van der Waals surface area contributed by atoms with Crippen molar-refractivity contribution in [3.05, 3.63) is 56.8 Å². The molecule has 0 unspecified atom stereocenters. The van der Waals surface area contributed by atoms with E-state index in [1.54, 1.807) is 11.3 Å². The number of hydrogen-bond acceptors (Lipinski definition) is 2. The highest BCUT2D eigenvalue weighted by Crippen LogP contribution is 2.29. The Kier molecular flexibility index (Phi) is 4.50. The van der Waals surface area contributed by atoms with Crippen LogP contribution in [0.4, 0.5) is 13.2 Å². The number of rotatable bonds is 4. The zero-order valence-corrected chi connectivity index (χ0v) is 12.2. The van der Waals surface area contributed by atoms with Crippen LogP contribution in [0.3, 0.4) is 0 Å². The van der Waals surface area contributed by atoms with Crippen LogP contribution in [-0.4, -0.2) is 0 Å². The van der Waals surface area contributed by atoms with Crippen molar-refractivity contribution in [3.63, 3.8) is 0 Å². The highest BCUT2D eigenvalue weighted by atomic mass is 32.1. The number of halogens is 3. The molecule has 20 heavy (non-hydrogen) atoms. The Bertz CT molecular complexity index is 570. The molecule has 1 heterocycles. The van der Waals surface area contributed by atoms with Crippen molar-refractivity contribution < 1.29 is 13.2 Å². The largest absolute Gasteiger partial charge is 0.416 e. The SMILES string of the molecule is Cc1cc(CNCc2ccc(C(F)(F)F)cc2)c(C)s1. The lowest BCUT2D eigenvalue weighted by atomic mass is 10.1. The Balaban J connectivity index is 1.90. The van der Waals surface area contributed by atoms with Gasteiger partial charge in [0.25, 0.3) is 0 Å². The maximum atomic E-state index is 12.4. The molecule has 0 aliphatic rings. The standard InChI is InChI=1S/C15H16F3NS/c1-10-7-13(11(2)20-10)9-19-8-12-3-5-14(6-4-12)15(16,17)18/h3-7,19H,8-9H2,1-2H3. The van der Waals surface area contributed by atoms with Crippen molar-refractivity contribution in [1.29, 1.82) is 0 Å². The van der Waals surface area contributed by atoms with E-state index in [9.17, 15) is 13.2 Å². The van der Waals surface area contributed by atoms with E-state index >= 15 is 0 Å². The molecule has 0 fully saturated rings. The fourth-order valence-corrected chi connectivity index (χ4v) is 2.96. The van der Waals surface area contributed by atoms with Crippen LogP contribution in [0, 0.1) is 13.8 Å². The molecule has 1 aromatic heterocycles. The summed E-state index contributed by atoms with van der Waals surface area (Å²) in [6.45, 7) is 5.44. The van der Waals surface area contributed by atoms with Crippen LogP contribution in [-0.2, 0) is 19.3 Å². The molecule has 0 radical (unpaired) electrons. The van der Waals surface area contributed by atoms with Gasteiger partial charge in [0.1, 0.15) is 0 Å². The van der Waals surface area contributed by atoms with Gasteiger partial charge in [-0.3, -0.25) is 0 Å². The van der Waals surface area contributed by atoms with Crippen LogP contribution < -0.4 is 5.32 Å². The van der Waals surface area contributed by atoms with Gasteiger partial charge >= 0.3 is 6.18 Å². The van der Waals surface area contributed by atoms with Crippen LogP contribution in [0.25, 0.3) is 0 Å². The molecule has 0 spiro atoms. The van der Waals surface area contributed by atoms with E-state index in [0.717, 1.165) is 24.2 Å². The topological polar surface area (TPSA) is 12.0 Å². The third kappa shape index (κ3) is 3.84. The predicted molar refractivity (Wildman–Crippen MR) is 75.8 cm³/mol. The second-order valence-corrected chi connectivity index (χ2v) is 6.20. The number of aryl methyl sites for hydroxylation is 2. The van der Waals surface area contributed by atoms with Crippen LogP contribution in [0.15, 0.2) is 30.3 Å². The van der Waals surface area contributed by atoms with Crippen molar-refractivity contribution >= 4 is 11.3 Å². The van der Waals surface area contributed by atoms with Crippen LogP contribution in [0.5, 0.6) is 0 Å². The molecular weight excluding hydrogens is 283 g/mol. The van der Waals surface area contributed by atoms with Crippen molar-refractivity contribution in [2.24, 2.45) is 0 Å². The average molecular weight is 299 g/mol. The monoisotopic (exact) mass is 299 g/mol. The first-order valence-electron chi connectivity index (χ1n) is 6.29. The van der Waals surface area contributed by atoms with Crippen molar-refractivity contribution in [2.75, 3.05) is 0 Å². The molecule has 0 aliphatic carbocycles. The maximum absolute atomic E-state index is 12.4. The molecule has 0 aliphatic heterocycles. The lowest BCUT2D eigenvalue weighted by molar-refractivity contribution is -0.137. The van der Waals surface area contributed by atoms with E-state index in [1.807, 2.05) is 0 Å². The fraction of sp³-hybridized carbons (Fsp3) is 0.333. The van der Waals surface area contributed by atoms with E-state index in [0.29, 0.717) is 6.54 Å². The first-order valence-corrected chi connectivity index (χ1v) is 7.10. The third-order valence-corrected chi connectivity index (χ3v) is 4.08. The highest BCUT2D eigenvalue weighted by Gasteiger charge is 2.29. The number of benzene rings is 1. The predicted octanol–water partition coefficient (Wildman–Crippen LogP) is 4.67. The van der Waals surface area contributed by atoms with Gasteiger partial charge in [0.2, 0.25) is 0 Å². The quantitative estimate of drug-likeness (QED) is 0.865. The zero-order chi connectivity index (χ0) is 14.8. The summed E-state index contributed by atoms with van der Waals surface area (Å²) in [4.78, 5) is 2.55. The molecule has 0 saturated heterocycles. The molecule has 0 amide bonds. The second-order valence-electron chi connectivity index (χ2n) is 4.74. The summed E-state index contributed by atoms with van der Waals surface area (Å²) >= 11 is 1.76. The first kappa shape index (κ1) is 15.1. The van der Waals surface area contributed by atoms with Gasteiger partial charge in [0.05, 0.1) is 5.56 Å². The normalized spacial score (nSPS) is 11.8.